The Morgan fingerprint density at radius 3 is 2.24 bits per heavy atom. The number of aromatic hydroxyl groups is 2. The van der Waals surface area contributed by atoms with Crippen LogP contribution in [0.25, 0.3) is 0 Å². The number of allylic oxidation sites excluding steroid dienone is 2. The fraction of sp³-hybridized carbons (Fsp3) is 0.690. The average Bonchev–Trinajstić information content (AvgIpc) is 2.75. The van der Waals surface area contributed by atoms with Gasteiger partial charge in [0.25, 0.3) is 0 Å². The minimum absolute atomic E-state index is 0.0134. The first kappa shape index (κ1) is 22.8. The minimum Gasteiger partial charge on any atom is -0.504 e. The number of rotatable bonds is 1. The molecular weight excluding hydrogens is 410 g/mol. The Labute approximate surface area is 198 Å². The molecule has 1 unspecified atom stereocenters. The van der Waals surface area contributed by atoms with E-state index in [1.807, 2.05) is 6.07 Å². The molecule has 4 aliphatic rings. The lowest BCUT2D eigenvalue weighted by Gasteiger charge is -2.70. The summed E-state index contributed by atoms with van der Waals surface area (Å²) < 4.78 is 0. The van der Waals surface area contributed by atoms with Crippen LogP contribution in [0.5, 0.6) is 11.5 Å². The summed E-state index contributed by atoms with van der Waals surface area (Å²) in [6, 6.07) is 3.58. The van der Waals surface area contributed by atoms with Gasteiger partial charge in [-0.15, -0.1) is 0 Å². The van der Waals surface area contributed by atoms with Gasteiger partial charge in [0.1, 0.15) is 0 Å². The molecule has 4 aliphatic carbocycles. The molecule has 0 bridgehead atoms. The van der Waals surface area contributed by atoms with Gasteiger partial charge in [0, 0.05) is 10.8 Å². The number of hydrogen-bond donors (Lipinski definition) is 3. The molecule has 3 saturated carbocycles. The number of carbonyl (C=O) groups is 1. The Kier molecular flexibility index (Phi) is 4.55. The quantitative estimate of drug-likeness (QED) is 0.346. The second-order valence-electron chi connectivity index (χ2n) is 13.2. The van der Waals surface area contributed by atoms with Crippen LogP contribution in [-0.2, 0) is 10.2 Å². The second-order valence-corrected chi connectivity index (χ2v) is 13.2. The highest BCUT2D eigenvalue weighted by atomic mass is 16.3. The van der Waals surface area contributed by atoms with Gasteiger partial charge < -0.3 is 15.9 Å². The molecular formula is C29H41NO3. The van der Waals surface area contributed by atoms with E-state index < -0.39 is 5.41 Å². The van der Waals surface area contributed by atoms with Gasteiger partial charge in [-0.1, -0.05) is 53.2 Å². The average molecular weight is 452 g/mol. The zero-order valence-electron chi connectivity index (χ0n) is 21.2. The number of phenolic OH excluding ortho intramolecular Hbond substituents is 2. The monoisotopic (exact) mass is 451 g/mol. The third-order valence-electron chi connectivity index (χ3n) is 11.5. The molecule has 3 fully saturated rings. The Bertz CT molecular complexity index is 1080. The largest absolute Gasteiger partial charge is 0.504 e. The standard InChI is InChI=1S/C29H41NO3/c1-17-13-22-27(4,19-15-21(32)20(31)14-18(17)19)10-12-29(6)23-16-26(3,24(30)33)8-7-25(23,2)9-11-28(22,29)5/h13-15,17,23,31-32H,7-12,16H2,1-6H3,(H2,30,33)/t17?,23-,25-,26-,27+,28-,29+/m1/s1. The lowest BCUT2D eigenvalue weighted by Crippen LogP contribution is -2.63. The maximum Gasteiger partial charge on any atom is 0.223 e. The van der Waals surface area contributed by atoms with Crippen LogP contribution in [0.4, 0.5) is 0 Å². The zero-order chi connectivity index (χ0) is 24.2. The molecule has 1 aromatic carbocycles. The minimum atomic E-state index is -0.420. The molecule has 1 aromatic rings. The van der Waals surface area contributed by atoms with E-state index in [0.29, 0.717) is 5.92 Å². The van der Waals surface area contributed by atoms with Crippen LogP contribution in [0.1, 0.15) is 104 Å². The van der Waals surface area contributed by atoms with Gasteiger partial charge in [-0.05, 0) is 96.3 Å². The van der Waals surface area contributed by atoms with Crippen molar-refractivity contribution in [3.63, 3.8) is 0 Å². The van der Waals surface area contributed by atoms with Crippen molar-refractivity contribution in [1.29, 1.82) is 0 Å². The fourth-order valence-corrected chi connectivity index (χ4v) is 8.84. The Balaban J connectivity index is 1.65. The SMILES string of the molecule is CC1C=C2[C@@](C)(CC[C@@]3(C)[C@@H]4C[C@](C)(C(N)=O)CC[C@]4(C)CC[C@]23C)c2cc(O)c(O)cc21. The van der Waals surface area contributed by atoms with Gasteiger partial charge in [0.2, 0.25) is 5.91 Å². The highest BCUT2D eigenvalue weighted by Crippen LogP contribution is 2.75. The van der Waals surface area contributed by atoms with Crippen LogP contribution < -0.4 is 5.73 Å². The van der Waals surface area contributed by atoms with Crippen molar-refractivity contribution in [2.24, 2.45) is 33.3 Å². The van der Waals surface area contributed by atoms with Gasteiger partial charge in [-0.2, -0.15) is 0 Å². The Morgan fingerprint density at radius 1 is 0.939 bits per heavy atom. The van der Waals surface area contributed by atoms with Crippen LogP contribution >= 0.6 is 0 Å². The first-order valence-corrected chi connectivity index (χ1v) is 12.8. The smallest absolute Gasteiger partial charge is 0.223 e. The number of fused-ring (bicyclic) bond motifs is 7. The number of amides is 1. The molecule has 180 valence electrons. The van der Waals surface area contributed by atoms with Gasteiger partial charge in [0.15, 0.2) is 11.5 Å². The highest BCUT2D eigenvalue weighted by Gasteiger charge is 2.67. The molecule has 0 aliphatic heterocycles. The molecule has 4 N–H and O–H groups in total. The maximum absolute atomic E-state index is 12.5. The summed E-state index contributed by atoms with van der Waals surface area (Å²) in [6.45, 7) is 14.1. The summed E-state index contributed by atoms with van der Waals surface area (Å²) in [4.78, 5) is 12.5. The number of nitrogens with two attached hydrogens (primary N) is 1. The van der Waals surface area contributed by atoms with E-state index >= 15 is 0 Å². The number of phenols is 2. The summed E-state index contributed by atoms with van der Waals surface area (Å²) >= 11 is 0. The van der Waals surface area contributed by atoms with Crippen molar-refractivity contribution in [3.05, 3.63) is 34.9 Å². The predicted molar refractivity (Wildman–Crippen MR) is 131 cm³/mol. The highest BCUT2D eigenvalue weighted by molar-refractivity contribution is 5.80. The number of hydrogen-bond acceptors (Lipinski definition) is 3. The summed E-state index contributed by atoms with van der Waals surface area (Å²) in [5, 5.41) is 20.6. The Morgan fingerprint density at radius 2 is 1.58 bits per heavy atom. The van der Waals surface area contributed by atoms with Crippen molar-refractivity contribution in [2.75, 3.05) is 0 Å². The molecule has 1 amide bonds. The van der Waals surface area contributed by atoms with Crippen LogP contribution in [0, 0.1) is 27.6 Å². The van der Waals surface area contributed by atoms with Gasteiger partial charge in [-0.3, -0.25) is 4.79 Å². The molecule has 33 heavy (non-hydrogen) atoms. The summed E-state index contributed by atoms with van der Waals surface area (Å²) in [7, 11) is 0. The van der Waals surface area contributed by atoms with E-state index in [0.717, 1.165) is 44.1 Å². The van der Waals surface area contributed by atoms with E-state index in [9.17, 15) is 15.0 Å². The normalized spacial score (nSPS) is 46.3. The van der Waals surface area contributed by atoms with Gasteiger partial charge in [0.05, 0.1) is 0 Å². The summed E-state index contributed by atoms with van der Waals surface area (Å²) in [5.41, 5.74) is 9.51. The first-order valence-electron chi connectivity index (χ1n) is 12.8. The van der Waals surface area contributed by atoms with E-state index in [1.54, 1.807) is 6.07 Å². The van der Waals surface area contributed by atoms with Crippen LogP contribution in [0.3, 0.4) is 0 Å². The maximum atomic E-state index is 12.5. The van der Waals surface area contributed by atoms with Crippen LogP contribution in [-0.4, -0.2) is 16.1 Å². The van der Waals surface area contributed by atoms with Crippen molar-refractivity contribution in [1.82, 2.24) is 0 Å². The molecule has 0 radical (unpaired) electrons. The van der Waals surface area contributed by atoms with Crippen molar-refractivity contribution in [2.45, 2.75) is 97.8 Å². The molecule has 4 heteroatoms. The van der Waals surface area contributed by atoms with Crippen molar-refractivity contribution < 1.29 is 15.0 Å². The molecule has 5 rings (SSSR count). The van der Waals surface area contributed by atoms with Crippen molar-refractivity contribution in [3.8, 4) is 11.5 Å². The molecule has 7 atom stereocenters. The van der Waals surface area contributed by atoms with Crippen LogP contribution in [0.2, 0.25) is 0 Å². The second kappa shape index (κ2) is 6.58. The van der Waals surface area contributed by atoms with E-state index in [-0.39, 0.29) is 45.0 Å². The third kappa shape index (κ3) is 2.73. The predicted octanol–water partition coefficient (Wildman–Crippen LogP) is 6.30. The number of carbonyl (C=O) groups excluding carboxylic acids is 1. The molecule has 4 nitrogen and oxygen atoms in total. The molecule has 0 saturated heterocycles. The topological polar surface area (TPSA) is 83.6 Å². The summed E-state index contributed by atoms with van der Waals surface area (Å²) in [6.07, 6.45) is 9.74. The molecule has 0 spiro atoms. The van der Waals surface area contributed by atoms with E-state index in [4.69, 9.17) is 5.73 Å². The first-order chi connectivity index (χ1) is 15.2. The van der Waals surface area contributed by atoms with Crippen LogP contribution in [0.15, 0.2) is 23.8 Å². The summed E-state index contributed by atoms with van der Waals surface area (Å²) in [5.74, 6) is 0.433. The molecule has 0 aromatic heterocycles. The van der Waals surface area contributed by atoms with Gasteiger partial charge >= 0.3 is 0 Å². The lowest BCUT2D eigenvalue weighted by atomic mass is 9.34. The molecule has 0 heterocycles. The third-order valence-corrected chi connectivity index (χ3v) is 11.5. The van der Waals surface area contributed by atoms with Crippen molar-refractivity contribution >= 4 is 5.91 Å². The Hall–Kier alpha value is -1.97. The fourth-order valence-electron chi connectivity index (χ4n) is 8.84. The number of primary amides is 1. The van der Waals surface area contributed by atoms with E-state index in [2.05, 4.69) is 47.6 Å². The van der Waals surface area contributed by atoms with E-state index in [1.165, 1.54) is 17.6 Å². The lowest BCUT2D eigenvalue weighted by molar-refractivity contribution is -0.166. The van der Waals surface area contributed by atoms with Gasteiger partial charge in [-0.25, -0.2) is 0 Å². The zero-order valence-corrected chi connectivity index (χ0v) is 21.2. The number of benzene rings is 1.